The van der Waals surface area contributed by atoms with Gasteiger partial charge in [-0.05, 0) is 30.3 Å². The van der Waals surface area contributed by atoms with Crippen molar-refractivity contribution in [2.45, 2.75) is 12.1 Å². The number of alkyl halides is 1. The molecule has 2 aromatic rings. The third-order valence-electron chi connectivity index (χ3n) is 2.65. The molecule has 0 aromatic carbocycles. The van der Waals surface area contributed by atoms with E-state index in [1.807, 2.05) is 18.2 Å². The number of nitrogens with zero attached hydrogens (tertiary/aromatic N) is 2. The van der Waals surface area contributed by atoms with Crippen molar-refractivity contribution in [3.05, 3.63) is 61.5 Å². The summed E-state index contributed by atoms with van der Waals surface area (Å²) in [5, 5.41) is 0.890. The fourth-order valence-electron chi connectivity index (χ4n) is 1.69. The van der Waals surface area contributed by atoms with Crippen molar-refractivity contribution in [3.63, 3.8) is 0 Å². The van der Waals surface area contributed by atoms with Gasteiger partial charge in [0.2, 0.25) is 0 Å². The lowest BCUT2D eigenvalue weighted by molar-refractivity contribution is 0.232. The average Bonchev–Trinajstić information content (AvgIpc) is 2.38. The van der Waals surface area contributed by atoms with Crippen molar-refractivity contribution in [3.8, 4) is 0 Å². The van der Waals surface area contributed by atoms with E-state index in [-0.39, 0.29) is 6.42 Å². The first kappa shape index (κ1) is 11.5. The molecule has 1 unspecified atom stereocenters. The smallest absolute Gasteiger partial charge is 0.174 e. The van der Waals surface area contributed by atoms with Crippen LogP contribution in [0.5, 0.6) is 0 Å². The molecular formula is C14H13FN2. The lowest BCUT2D eigenvalue weighted by Gasteiger charge is -2.19. The van der Waals surface area contributed by atoms with Gasteiger partial charge in [-0.25, -0.2) is 14.4 Å². The summed E-state index contributed by atoms with van der Waals surface area (Å²) in [4.78, 5) is 8.34. The minimum absolute atomic E-state index is 0.155. The van der Waals surface area contributed by atoms with Gasteiger partial charge in [-0.15, -0.1) is 6.58 Å². The van der Waals surface area contributed by atoms with E-state index in [4.69, 9.17) is 0 Å². The van der Waals surface area contributed by atoms with Gasteiger partial charge in [-0.3, -0.25) is 0 Å². The summed E-state index contributed by atoms with van der Waals surface area (Å²) in [5.74, 6) is 0. The molecule has 0 aliphatic heterocycles. The zero-order valence-corrected chi connectivity index (χ0v) is 9.44. The summed E-state index contributed by atoms with van der Waals surface area (Å²) in [6.45, 7) is 7.07. The molecule has 17 heavy (non-hydrogen) atoms. The van der Waals surface area contributed by atoms with Crippen molar-refractivity contribution in [1.82, 2.24) is 9.97 Å². The first-order valence-electron chi connectivity index (χ1n) is 5.35. The van der Waals surface area contributed by atoms with Crippen LogP contribution in [0, 0.1) is 0 Å². The first-order valence-corrected chi connectivity index (χ1v) is 5.35. The molecule has 0 fully saturated rings. The molecule has 0 bridgehead atoms. The second-order valence-electron chi connectivity index (χ2n) is 3.81. The molecule has 2 nitrogen and oxygen atoms in total. The predicted molar refractivity (Wildman–Crippen MR) is 67.3 cm³/mol. The van der Waals surface area contributed by atoms with Crippen LogP contribution in [0.25, 0.3) is 11.0 Å². The van der Waals surface area contributed by atoms with Crippen molar-refractivity contribution in [2.75, 3.05) is 0 Å². The predicted octanol–water partition coefficient (Wildman–Crippen LogP) is 3.56. The Morgan fingerprint density at radius 2 is 2.12 bits per heavy atom. The van der Waals surface area contributed by atoms with Gasteiger partial charge in [0.15, 0.2) is 11.3 Å². The maximum Gasteiger partial charge on any atom is 0.174 e. The van der Waals surface area contributed by atoms with Crippen LogP contribution < -0.4 is 0 Å². The average molecular weight is 228 g/mol. The van der Waals surface area contributed by atoms with E-state index in [1.165, 1.54) is 12.2 Å². The van der Waals surface area contributed by atoms with Crippen LogP contribution in [-0.2, 0) is 5.67 Å². The second-order valence-corrected chi connectivity index (χ2v) is 3.81. The molecule has 0 spiro atoms. The molecule has 0 aliphatic carbocycles. The lowest BCUT2D eigenvalue weighted by atomic mass is 9.97. The van der Waals surface area contributed by atoms with Crippen LogP contribution in [0.1, 0.15) is 12.1 Å². The van der Waals surface area contributed by atoms with Gasteiger partial charge in [-0.2, -0.15) is 0 Å². The molecule has 0 saturated heterocycles. The van der Waals surface area contributed by atoms with Gasteiger partial charge in [0.1, 0.15) is 0 Å². The number of fused-ring (bicyclic) bond motifs is 1. The highest BCUT2D eigenvalue weighted by molar-refractivity contribution is 5.74. The molecule has 1 atom stereocenters. The van der Waals surface area contributed by atoms with E-state index in [9.17, 15) is 4.39 Å². The third-order valence-corrected chi connectivity index (χ3v) is 2.65. The number of allylic oxidation sites excluding steroid dienone is 2. The SMILES string of the molecule is C=CCC(F)(C=C)c1ccc2cccnc2n1. The fraction of sp³-hybridized carbons (Fsp3) is 0.143. The molecule has 0 radical (unpaired) electrons. The van der Waals surface area contributed by atoms with Gasteiger partial charge in [0.25, 0.3) is 0 Å². The third kappa shape index (κ3) is 2.09. The topological polar surface area (TPSA) is 25.8 Å². The van der Waals surface area contributed by atoms with Gasteiger partial charge in [0.05, 0.1) is 5.69 Å². The Kier molecular flexibility index (Phi) is 3.00. The largest absolute Gasteiger partial charge is 0.237 e. The fourth-order valence-corrected chi connectivity index (χ4v) is 1.69. The zero-order chi connectivity index (χ0) is 12.3. The van der Waals surface area contributed by atoms with E-state index >= 15 is 0 Å². The second kappa shape index (κ2) is 4.45. The van der Waals surface area contributed by atoms with Crippen LogP contribution in [0.4, 0.5) is 4.39 Å². The number of halogens is 1. The molecule has 2 heterocycles. The Labute approximate surface area is 99.5 Å². The standard InChI is InChI=1S/C14H13FN2/c1-3-9-14(15,4-2)12-8-7-11-6-5-10-16-13(11)17-12/h3-8,10H,1-2,9H2. The quantitative estimate of drug-likeness (QED) is 0.748. The normalized spacial score (nSPS) is 14.2. The Bertz CT molecular complexity index is 565. The Balaban J connectivity index is 2.55. The van der Waals surface area contributed by atoms with Gasteiger partial charge in [-0.1, -0.05) is 12.7 Å². The summed E-state index contributed by atoms with van der Waals surface area (Å²) in [5.41, 5.74) is -0.815. The molecule has 0 saturated carbocycles. The zero-order valence-electron chi connectivity index (χ0n) is 9.44. The summed E-state index contributed by atoms with van der Waals surface area (Å²) in [6.07, 6.45) is 4.57. The monoisotopic (exact) mass is 228 g/mol. The van der Waals surface area contributed by atoms with Crippen molar-refractivity contribution in [1.29, 1.82) is 0 Å². The van der Waals surface area contributed by atoms with Crippen LogP contribution in [-0.4, -0.2) is 9.97 Å². The number of aromatic nitrogens is 2. The van der Waals surface area contributed by atoms with Crippen LogP contribution in [0.2, 0.25) is 0 Å². The van der Waals surface area contributed by atoms with Crippen molar-refractivity contribution < 1.29 is 4.39 Å². The molecule has 2 aromatic heterocycles. The maximum atomic E-state index is 14.5. The highest BCUT2D eigenvalue weighted by Gasteiger charge is 2.28. The molecular weight excluding hydrogens is 215 g/mol. The van der Waals surface area contributed by atoms with Gasteiger partial charge >= 0.3 is 0 Å². The number of rotatable bonds is 4. The van der Waals surface area contributed by atoms with E-state index in [0.29, 0.717) is 11.3 Å². The number of pyridine rings is 2. The maximum absolute atomic E-state index is 14.5. The highest BCUT2D eigenvalue weighted by atomic mass is 19.1. The molecule has 0 aliphatic rings. The minimum Gasteiger partial charge on any atom is -0.237 e. The van der Waals surface area contributed by atoms with E-state index in [2.05, 4.69) is 23.1 Å². The Hall–Kier alpha value is -2.03. The van der Waals surface area contributed by atoms with Crippen LogP contribution in [0.15, 0.2) is 55.8 Å². The van der Waals surface area contributed by atoms with Gasteiger partial charge < -0.3 is 0 Å². The highest BCUT2D eigenvalue weighted by Crippen LogP contribution is 2.30. The van der Waals surface area contributed by atoms with E-state index < -0.39 is 5.67 Å². The summed E-state index contributed by atoms with van der Waals surface area (Å²) in [6, 6.07) is 7.19. The molecule has 0 amide bonds. The summed E-state index contributed by atoms with van der Waals surface area (Å²) in [7, 11) is 0. The van der Waals surface area contributed by atoms with Crippen LogP contribution in [0.3, 0.4) is 0 Å². The van der Waals surface area contributed by atoms with Crippen molar-refractivity contribution >= 4 is 11.0 Å². The Morgan fingerprint density at radius 1 is 1.29 bits per heavy atom. The minimum atomic E-state index is -1.67. The first-order chi connectivity index (χ1) is 8.19. The number of hydrogen-bond donors (Lipinski definition) is 0. The molecule has 86 valence electrons. The molecule has 2 rings (SSSR count). The van der Waals surface area contributed by atoms with Crippen molar-refractivity contribution in [2.24, 2.45) is 0 Å². The summed E-state index contributed by atoms with van der Waals surface area (Å²) < 4.78 is 14.5. The lowest BCUT2D eigenvalue weighted by Crippen LogP contribution is -2.17. The number of hydrogen-bond acceptors (Lipinski definition) is 2. The van der Waals surface area contributed by atoms with Gasteiger partial charge in [0, 0.05) is 18.0 Å². The Morgan fingerprint density at radius 3 is 2.82 bits per heavy atom. The molecule has 0 N–H and O–H groups in total. The van der Waals surface area contributed by atoms with E-state index in [1.54, 1.807) is 12.3 Å². The van der Waals surface area contributed by atoms with E-state index in [0.717, 1.165) is 5.39 Å². The van der Waals surface area contributed by atoms with Crippen LogP contribution >= 0.6 is 0 Å². The summed E-state index contributed by atoms with van der Waals surface area (Å²) >= 11 is 0. The molecule has 3 heteroatoms.